The lowest BCUT2D eigenvalue weighted by Gasteiger charge is -2.10. The van der Waals surface area contributed by atoms with E-state index in [2.05, 4.69) is 14.3 Å². The van der Waals surface area contributed by atoms with Gasteiger partial charge in [-0.3, -0.25) is 4.84 Å². The molecule has 0 fully saturated rings. The largest absolute Gasteiger partial charge is 0.463 e. The number of amides is 1. The number of carbonyl (C=O) groups is 3. The van der Waals surface area contributed by atoms with E-state index in [1.165, 1.54) is 14.2 Å². The summed E-state index contributed by atoms with van der Waals surface area (Å²) in [4.78, 5) is 37.2. The average molecular weight is 231 g/mol. The number of rotatable bonds is 4. The molecule has 0 N–H and O–H groups in total. The smallest absolute Gasteiger partial charge is 0.441 e. The molecule has 7 nitrogen and oxygen atoms in total. The predicted molar refractivity (Wildman–Crippen MR) is 52.0 cm³/mol. The molecule has 0 aromatic carbocycles. The molecule has 0 aliphatic rings. The van der Waals surface area contributed by atoms with Crippen LogP contribution in [-0.2, 0) is 23.9 Å². The summed E-state index contributed by atoms with van der Waals surface area (Å²) in [5.41, 5.74) is 0. The molecule has 0 aliphatic heterocycles. The first-order valence-corrected chi connectivity index (χ1v) is 4.39. The molecule has 16 heavy (non-hydrogen) atoms. The number of esters is 2. The highest BCUT2D eigenvalue weighted by molar-refractivity contribution is 5.95. The molecule has 1 amide bonds. The van der Waals surface area contributed by atoms with E-state index in [1.807, 2.05) is 0 Å². The normalized spacial score (nSPS) is 9.94. The zero-order chi connectivity index (χ0) is 12.6. The van der Waals surface area contributed by atoms with Crippen LogP contribution in [0.5, 0.6) is 0 Å². The maximum absolute atomic E-state index is 11.0. The molecule has 0 saturated carbocycles. The molecule has 0 spiro atoms. The van der Waals surface area contributed by atoms with E-state index in [0.29, 0.717) is 0 Å². The van der Waals surface area contributed by atoms with Crippen LogP contribution in [0.25, 0.3) is 0 Å². The van der Waals surface area contributed by atoms with Gasteiger partial charge in [0, 0.05) is 19.2 Å². The zero-order valence-corrected chi connectivity index (χ0v) is 9.26. The van der Waals surface area contributed by atoms with Crippen molar-refractivity contribution in [2.24, 2.45) is 0 Å². The third-order valence-electron chi connectivity index (χ3n) is 1.36. The van der Waals surface area contributed by atoms with Crippen molar-refractivity contribution in [1.29, 1.82) is 0 Å². The molecule has 90 valence electrons. The van der Waals surface area contributed by atoms with Gasteiger partial charge in [0.05, 0.1) is 13.7 Å². The highest BCUT2D eigenvalue weighted by Crippen LogP contribution is 1.92. The molecule has 0 aromatic rings. The minimum absolute atomic E-state index is 0.198. The molecular weight excluding hydrogens is 218 g/mol. The molecule has 7 heteroatoms. The lowest BCUT2D eigenvalue weighted by molar-refractivity contribution is -0.141. The van der Waals surface area contributed by atoms with Crippen LogP contribution in [-0.4, -0.2) is 43.9 Å². The molecule has 0 bridgehead atoms. The Hall–Kier alpha value is -1.89. The summed E-state index contributed by atoms with van der Waals surface area (Å²) in [7, 11) is 2.50. The minimum atomic E-state index is -0.985. The van der Waals surface area contributed by atoms with Crippen LogP contribution in [0.3, 0.4) is 0 Å². The van der Waals surface area contributed by atoms with Gasteiger partial charge in [-0.15, -0.1) is 0 Å². The van der Waals surface area contributed by atoms with Gasteiger partial charge in [0.15, 0.2) is 0 Å². The molecule has 0 aliphatic carbocycles. The molecule has 0 aromatic heterocycles. The fraction of sp³-hybridized carbons (Fsp3) is 0.444. The van der Waals surface area contributed by atoms with Crippen molar-refractivity contribution in [2.45, 2.75) is 6.92 Å². The summed E-state index contributed by atoms with van der Waals surface area (Å²) >= 11 is 0. The second kappa shape index (κ2) is 7.41. The van der Waals surface area contributed by atoms with Crippen molar-refractivity contribution in [1.82, 2.24) is 5.06 Å². The van der Waals surface area contributed by atoms with Crippen LogP contribution in [0.2, 0.25) is 0 Å². The predicted octanol–water partition coefficient (Wildman–Crippen LogP) is 0.262. The van der Waals surface area contributed by atoms with Gasteiger partial charge < -0.3 is 9.47 Å². The molecule has 0 rings (SSSR count). The van der Waals surface area contributed by atoms with E-state index in [4.69, 9.17) is 0 Å². The molecule has 0 unspecified atom stereocenters. The summed E-state index contributed by atoms with van der Waals surface area (Å²) in [5.74, 6) is -1.67. The SMILES string of the molecule is CCOC(=O)/C=C/C(=O)OC(=O)N(C)OC. The van der Waals surface area contributed by atoms with Crippen LogP contribution in [0.4, 0.5) is 4.79 Å². The Morgan fingerprint density at radius 2 is 1.75 bits per heavy atom. The van der Waals surface area contributed by atoms with Gasteiger partial charge in [-0.1, -0.05) is 0 Å². The van der Waals surface area contributed by atoms with Gasteiger partial charge in [0.1, 0.15) is 0 Å². The van der Waals surface area contributed by atoms with Crippen molar-refractivity contribution in [3.05, 3.63) is 12.2 Å². The van der Waals surface area contributed by atoms with Gasteiger partial charge in [-0.2, -0.15) is 5.06 Å². The quantitative estimate of drug-likeness (QED) is 0.299. The summed E-state index contributed by atoms with van der Waals surface area (Å²) < 4.78 is 8.77. The first kappa shape index (κ1) is 14.1. The number of carbonyl (C=O) groups excluding carboxylic acids is 3. The van der Waals surface area contributed by atoms with Crippen LogP contribution < -0.4 is 0 Å². The fourth-order valence-electron chi connectivity index (χ4n) is 0.585. The zero-order valence-electron chi connectivity index (χ0n) is 9.26. The van der Waals surface area contributed by atoms with Gasteiger partial charge >= 0.3 is 18.0 Å². The summed E-state index contributed by atoms with van der Waals surface area (Å²) in [5, 5.41) is 0.718. The van der Waals surface area contributed by atoms with Crippen LogP contribution in [0.1, 0.15) is 6.92 Å². The lowest BCUT2D eigenvalue weighted by atomic mass is 10.5. The Morgan fingerprint density at radius 3 is 2.25 bits per heavy atom. The van der Waals surface area contributed by atoms with E-state index >= 15 is 0 Å². The van der Waals surface area contributed by atoms with Gasteiger partial charge in [0.25, 0.3) is 0 Å². The first-order valence-electron chi connectivity index (χ1n) is 4.39. The van der Waals surface area contributed by atoms with Crippen molar-refractivity contribution in [2.75, 3.05) is 20.8 Å². The van der Waals surface area contributed by atoms with E-state index in [-0.39, 0.29) is 6.61 Å². The van der Waals surface area contributed by atoms with Gasteiger partial charge in [0.2, 0.25) is 0 Å². The second-order valence-electron chi connectivity index (χ2n) is 2.45. The second-order valence-corrected chi connectivity index (χ2v) is 2.45. The van der Waals surface area contributed by atoms with E-state index < -0.39 is 18.0 Å². The Balaban J connectivity index is 4.08. The van der Waals surface area contributed by atoms with E-state index in [9.17, 15) is 14.4 Å². The number of hydroxylamine groups is 2. The van der Waals surface area contributed by atoms with E-state index in [1.54, 1.807) is 6.92 Å². The van der Waals surface area contributed by atoms with Gasteiger partial charge in [-0.05, 0) is 6.92 Å². The van der Waals surface area contributed by atoms with Crippen LogP contribution >= 0.6 is 0 Å². The lowest BCUT2D eigenvalue weighted by Crippen LogP contribution is -2.27. The van der Waals surface area contributed by atoms with Crippen molar-refractivity contribution < 1.29 is 28.7 Å². The fourth-order valence-corrected chi connectivity index (χ4v) is 0.585. The maximum atomic E-state index is 11.0. The van der Waals surface area contributed by atoms with Crippen LogP contribution in [0.15, 0.2) is 12.2 Å². The number of hydrogen-bond donors (Lipinski definition) is 0. The van der Waals surface area contributed by atoms with Crippen molar-refractivity contribution >= 4 is 18.0 Å². The number of nitrogens with zero attached hydrogens (tertiary/aromatic N) is 1. The monoisotopic (exact) mass is 231 g/mol. The summed E-state index contributed by atoms with van der Waals surface area (Å²) in [6, 6.07) is 0. The minimum Gasteiger partial charge on any atom is -0.463 e. The van der Waals surface area contributed by atoms with Crippen molar-refractivity contribution in [3.8, 4) is 0 Å². The maximum Gasteiger partial charge on any atom is 0.441 e. The molecule has 0 atom stereocenters. The molecule has 0 radical (unpaired) electrons. The topological polar surface area (TPSA) is 82.1 Å². The van der Waals surface area contributed by atoms with Crippen LogP contribution in [0, 0.1) is 0 Å². The molecular formula is C9H13NO6. The summed E-state index contributed by atoms with van der Waals surface area (Å²) in [6.45, 7) is 1.82. The number of ether oxygens (including phenoxy) is 2. The highest BCUT2D eigenvalue weighted by Gasteiger charge is 2.12. The molecule has 0 saturated heterocycles. The Kier molecular flexibility index (Phi) is 6.53. The van der Waals surface area contributed by atoms with E-state index in [0.717, 1.165) is 17.2 Å². The number of hydrogen-bond acceptors (Lipinski definition) is 6. The first-order chi connectivity index (χ1) is 7.51. The Bertz CT molecular complexity index is 298. The standard InChI is InChI=1S/C9H13NO6/c1-4-15-7(11)5-6-8(12)16-9(13)10(2)14-3/h5-6H,4H2,1-3H3/b6-5+. The Morgan fingerprint density at radius 1 is 1.19 bits per heavy atom. The Labute approximate surface area is 92.5 Å². The summed E-state index contributed by atoms with van der Waals surface area (Å²) in [6.07, 6.45) is 0.673. The molecule has 0 heterocycles. The third kappa shape index (κ3) is 5.76. The average Bonchev–Trinajstić information content (AvgIpc) is 2.25. The third-order valence-corrected chi connectivity index (χ3v) is 1.36. The van der Waals surface area contributed by atoms with Crippen molar-refractivity contribution in [3.63, 3.8) is 0 Å². The highest BCUT2D eigenvalue weighted by atomic mass is 16.7. The van der Waals surface area contributed by atoms with Gasteiger partial charge in [-0.25, -0.2) is 14.4 Å².